The van der Waals surface area contributed by atoms with Crippen molar-refractivity contribution in [1.82, 2.24) is 20.0 Å². The molecule has 0 spiro atoms. The molecule has 5 heteroatoms. The van der Waals surface area contributed by atoms with Crippen molar-refractivity contribution in [1.29, 1.82) is 0 Å². The van der Waals surface area contributed by atoms with Gasteiger partial charge in [0, 0.05) is 24.2 Å². The maximum atomic E-state index is 13.5. The molecule has 148 valence electrons. The maximum absolute atomic E-state index is 13.5. The van der Waals surface area contributed by atoms with Gasteiger partial charge in [-0.05, 0) is 56.3 Å². The van der Waals surface area contributed by atoms with E-state index >= 15 is 0 Å². The third-order valence-corrected chi connectivity index (χ3v) is 7.20. The van der Waals surface area contributed by atoms with Crippen LogP contribution in [0, 0.1) is 12.8 Å². The molecule has 2 aromatic rings. The van der Waals surface area contributed by atoms with Crippen LogP contribution in [-0.2, 0) is 0 Å². The number of H-pyrrole nitrogens is 1. The first-order chi connectivity index (χ1) is 13.5. The zero-order chi connectivity index (χ0) is 19.4. The third-order valence-electron chi connectivity index (χ3n) is 7.20. The molecule has 0 aliphatic carbocycles. The Morgan fingerprint density at radius 3 is 2.50 bits per heavy atom. The van der Waals surface area contributed by atoms with Crippen molar-refractivity contribution in [2.45, 2.75) is 57.5 Å². The van der Waals surface area contributed by atoms with E-state index in [1.54, 1.807) is 0 Å². The van der Waals surface area contributed by atoms with Gasteiger partial charge < -0.3 is 4.90 Å². The zero-order valence-electron chi connectivity index (χ0n) is 17.1. The summed E-state index contributed by atoms with van der Waals surface area (Å²) in [6.45, 7) is 9.52. The van der Waals surface area contributed by atoms with Gasteiger partial charge in [-0.2, -0.15) is 5.10 Å². The van der Waals surface area contributed by atoms with Gasteiger partial charge in [0.1, 0.15) is 5.69 Å². The Hall–Kier alpha value is -2.14. The molecule has 6 rings (SSSR count). The lowest BCUT2D eigenvalue weighted by Gasteiger charge is -2.51. The van der Waals surface area contributed by atoms with Crippen molar-refractivity contribution in [2.75, 3.05) is 19.6 Å². The lowest BCUT2D eigenvalue weighted by molar-refractivity contribution is -0.00358. The Morgan fingerprint density at radius 1 is 1.14 bits per heavy atom. The van der Waals surface area contributed by atoms with Crippen LogP contribution in [0.3, 0.4) is 0 Å². The second kappa shape index (κ2) is 6.73. The lowest BCUT2D eigenvalue weighted by Crippen LogP contribution is -2.60. The molecule has 5 heterocycles. The molecule has 2 bridgehead atoms. The second-order valence-electron chi connectivity index (χ2n) is 9.19. The molecule has 3 atom stereocenters. The first kappa shape index (κ1) is 17.9. The van der Waals surface area contributed by atoms with Crippen molar-refractivity contribution in [3.63, 3.8) is 0 Å². The Labute approximate surface area is 167 Å². The summed E-state index contributed by atoms with van der Waals surface area (Å²) >= 11 is 0. The first-order valence-electron chi connectivity index (χ1n) is 10.7. The number of aryl methyl sites for hydroxylation is 1. The number of nitrogens with one attached hydrogen (secondary N) is 1. The molecule has 4 aliphatic heterocycles. The maximum Gasteiger partial charge on any atom is 0.274 e. The summed E-state index contributed by atoms with van der Waals surface area (Å²) in [7, 11) is 0. The molecule has 1 aromatic carbocycles. The van der Waals surface area contributed by atoms with E-state index in [0.29, 0.717) is 35.5 Å². The van der Waals surface area contributed by atoms with Gasteiger partial charge in [-0.1, -0.05) is 43.7 Å². The van der Waals surface area contributed by atoms with Crippen LogP contribution in [0.5, 0.6) is 0 Å². The van der Waals surface area contributed by atoms with E-state index in [-0.39, 0.29) is 5.91 Å². The normalized spacial score (nSPS) is 31.4. The van der Waals surface area contributed by atoms with Gasteiger partial charge >= 0.3 is 0 Å². The summed E-state index contributed by atoms with van der Waals surface area (Å²) in [6.07, 6.45) is 2.42. The number of fused-ring (bicyclic) bond motifs is 2. The largest absolute Gasteiger partial charge is 0.332 e. The number of hydrogen-bond acceptors (Lipinski definition) is 3. The summed E-state index contributed by atoms with van der Waals surface area (Å²) in [5.41, 5.74) is 4.26. The van der Waals surface area contributed by atoms with Crippen molar-refractivity contribution in [2.24, 2.45) is 5.92 Å². The fourth-order valence-electron chi connectivity index (χ4n) is 5.65. The van der Waals surface area contributed by atoms with Gasteiger partial charge in [0.2, 0.25) is 0 Å². The van der Waals surface area contributed by atoms with Gasteiger partial charge in [0.05, 0.1) is 6.04 Å². The summed E-state index contributed by atoms with van der Waals surface area (Å²) in [6, 6.07) is 11.6. The van der Waals surface area contributed by atoms with E-state index < -0.39 is 0 Å². The van der Waals surface area contributed by atoms with Crippen molar-refractivity contribution in [3.05, 3.63) is 52.8 Å². The van der Waals surface area contributed by atoms with Crippen LogP contribution in [-0.4, -0.2) is 57.6 Å². The molecule has 0 unspecified atom stereocenters. The predicted octanol–water partition coefficient (Wildman–Crippen LogP) is 3.54. The van der Waals surface area contributed by atoms with E-state index in [1.165, 1.54) is 37.1 Å². The van der Waals surface area contributed by atoms with Crippen LogP contribution < -0.4 is 0 Å². The molecule has 5 nitrogen and oxygen atoms in total. The Balaban J connectivity index is 1.49. The number of likely N-dealkylation sites (tertiary alicyclic amines) is 1. The molecule has 4 aliphatic rings. The highest BCUT2D eigenvalue weighted by molar-refractivity contribution is 5.93. The van der Waals surface area contributed by atoms with E-state index in [1.807, 2.05) is 6.07 Å². The Kier molecular flexibility index (Phi) is 4.31. The van der Waals surface area contributed by atoms with Crippen LogP contribution in [0.1, 0.15) is 65.8 Å². The average Bonchev–Trinajstić information content (AvgIpc) is 3.36. The SMILES string of the molecule is Cc1ccc([C@@H]2CN(C(=O)c3cc(C(C)C)[nH]n3)[C@@H]3C4CCN(CC4)[C@@H]32)cc1. The number of hydrogen-bond donors (Lipinski definition) is 1. The summed E-state index contributed by atoms with van der Waals surface area (Å²) in [4.78, 5) is 18.3. The van der Waals surface area contributed by atoms with Gasteiger partial charge in [-0.15, -0.1) is 0 Å². The molecule has 4 saturated heterocycles. The Bertz CT molecular complexity index is 863. The highest BCUT2D eigenvalue weighted by Gasteiger charge is 2.54. The van der Waals surface area contributed by atoms with E-state index in [4.69, 9.17) is 0 Å². The lowest BCUT2D eigenvalue weighted by atomic mass is 9.75. The predicted molar refractivity (Wildman–Crippen MR) is 110 cm³/mol. The quantitative estimate of drug-likeness (QED) is 0.889. The van der Waals surface area contributed by atoms with Gasteiger partial charge in [-0.25, -0.2) is 0 Å². The molecule has 0 radical (unpaired) electrons. The molecule has 4 fully saturated rings. The molecule has 1 aromatic heterocycles. The number of aromatic nitrogens is 2. The monoisotopic (exact) mass is 378 g/mol. The molecule has 1 amide bonds. The number of carbonyl (C=O) groups excluding carboxylic acids is 1. The molecular weight excluding hydrogens is 348 g/mol. The molecule has 0 saturated carbocycles. The minimum atomic E-state index is 0.0986. The summed E-state index contributed by atoms with van der Waals surface area (Å²) < 4.78 is 0. The molecule has 28 heavy (non-hydrogen) atoms. The number of amides is 1. The number of rotatable bonds is 3. The van der Waals surface area contributed by atoms with Crippen LogP contribution in [0.25, 0.3) is 0 Å². The highest BCUT2D eigenvalue weighted by Crippen LogP contribution is 2.46. The molecule has 1 N–H and O–H groups in total. The third kappa shape index (κ3) is 2.79. The number of benzene rings is 1. The van der Waals surface area contributed by atoms with Crippen LogP contribution in [0.4, 0.5) is 0 Å². The second-order valence-corrected chi connectivity index (χ2v) is 9.19. The van der Waals surface area contributed by atoms with E-state index in [2.05, 4.69) is 65.0 Å². The number of piperidine rings is 3. The van der Waals surface area contributed by atoms with Gasteiger partial charge in [0.15, 0.2) is 0 Å². The Morgan fingerprint density at radius 2 is 1.86 bits per heavy atom. The van der Waals surface area contributed by atoms with E-state index in [9.17, 15) is 4.79 Å². The van der Waals surface area contributed by atoms with Gasteiger partial charge in [0.25, 0.3) is 5.91 Å². The minimum absolute atomic E-state index is 0.0986. The number of carbonyl (C=O) groups is 1. The fourth-order valence-corrected chi connectivity index (χ4v) is 5.65. The van der Waals surface area contributed by atoms with Gasteiger partial charge in [-0.3, -0.25) is 14.8 Å². The highest BCUT2D eigenvalue weighted by atomic mass is 16.2. The van der Waals surface area contributed by atoms with Crippen molar-refractivity contribution in [3.8, 4) is 0 Å². The van der Waals surface area contributed by atoms with Crippen LogP contribution in [0.2, 0.25) is 0 Å². The smallest absolute Gasteiger partial charge is 0.274 e. The van der Waals surface area contributed by atoms with Crippen LogP contribution in [0.15, 0.2) is 30.3 Å². The number of nitrogens with zero attached hydrogens (tertiary/aromatic N) is 3. The average molecular weight is 379 g/mol. The summed E-state index contributed by atoms with van der Waals surface area (Å²) in [5.74, 6) is 1.46. The van der Waals surface area contributed by atoms with Crippen molar-refractivity contribution < 1.29 is 4.79 Å². The standard InChI is InChI=1S/C23H30N4O/c1-14(2)19-12-20(25-24-19)23(28)27-13-18(16-6-4-15(3)5-7-16)22-21(27)17-8-10-26(22)11-9-17/h4-7,12,14,17-18,21-22H,8-11,13H2,1-3H3,(H,24,25)/t18-,21+,22+/m0/s1. The minimum Gasteiger partial charge on any atom is -0.332 e. The zero-order valence-corrected chi connectivity index (χ0v) is 17.1. The van der Waals surface area contributed by atoms with Crippen molar-refractivity contribution >= 4 is 5.91 Å². The topological polar surface area (TPSA) is 52.2 Å². The van der Waals surface area contributed by atoms with Crippen LogP contribution >= 0.6 is 0 Å². The first-order valence-corrected chi connectivity index (χ1v) is 10.7. The van der Waals surface area contributed by atoms with E-state index in [0.717, 1.165) is 12.2 Å². The summed E-state index contributed by atoms with van der Waals surface area (Å²) in [5, 5.41) is 7.42. The number of aromatic amines is 1. The molecular formula is C23H30N4O. The fraction of sp³-hybridized carbons (Fsp3) is 0.565.